The van der Waals surface area contributed by atoms with E-state index in [9.17, 15) is 20.1 Å². The molecule has 0 unspecified atom stereocenters. The third kappa shape index (κ3) is 2.90. The lowest BCUT2D eigenvalue weighted by molar-refractivity contribution is -0.0229. The first kappa shape index (κ1) is 19.4. The molecule has 0 amide bonds. The van der Waals surface area contributed by atoms with Crippen molar-refractivity contribution in [3.8, 4) is 17.2 Å². The number of ether oxygens (including phenoxy) is 1. The van der Waals surface area contributed by atoms with Crippen LogP contribution >= 0.6 is 0 Å². The number of esters is 1. The zero-order valence-electron chi connectivity index (χ0n) is 17.2. The van der Waals surface area contributed by atoms with E-state index in [1.165, 1.54) is 18.2 Å². The van der Waals surface area contributed by atoms with Crippen LogP contribution in [0.5, 0.6) is 17.2 Å². The van der Waals surface area contributed by atoms with E-state index in [4.69, 9.17) is 4.74 Å². The molecule has 5 nitrogen and oxygen atoms in total. The molecule has 0 aromatic heterocycles. The van der Waals surface area contributed by atoms with Crippen molar-refractivity contribution in [3.05, 3.63) is 53.1 Å². The van der Waals surface area contributed by atoms with E-state index < -0.39 is 5.97 Å². The van der Waals surface area contributed by atoms with Gasteiger partial charge in [0.05, 0.1) is 6.10 Å². The number of phenolic OH excluding ortho intramolecular Hbond substituents is 2. The van der Waals surface area contributed by atoms with Crippen molar-refractivity contribution in [1.29, 1.82) is 0 Å². The summed E-state index contributed by atoms with van der Waals surface area (Å²) in [5, 5.41) is 30.9. The highest BCUT2D eigenvalue weighted by molar-refractivity contribution is 5.94. The number of fused-ring (bicyclic) bond motifs is 5. The highest BCUT2D eigenvalue weighted by Crippen LogP contribution is 2.62. The van der Waals surface area contributed by atoms with Crippen LogP contribution in [0.4, 0.5) is 0 Å². The minimum Gasteiger partial charge on any atom is -0.508 e. The molecular weight excluding hydrogens is 380 g/mol. The second kappa shape index (κ2) is 7.02. The molecule has 2 fully saturated rings. The van der Waals surface area contributed by atoms with Gasteiger partial charge in [-0.2, -0.15) is 0 Å². The molecule has 3 aliphatic carbocycles. The van der Waals surface area contributed by atoms with Crippen LogP contribution in [0.1, 0.15) is 66.4 Å². The molecule has 5 rings (SSSR count). The van der Waals surface area contributed by atoms with E-state index in [2.05, 4.69) is 6.92 Å². The second-order valence-electron chi connectivity index (χ2n) is 9.48. The number of aromatic hydroxyl groups is 2. The maximum atomic E-state index is 12.8. The summed E-state index contributed by atoms with van der Waals surface area (Å²) >= 11 is 0. The van der Waals surface area contributed by atoms with Crippen LogP contribution in [-0.4, -0.2) is 27.4 Å². The Hall–Kier alpha value is -2.53. The molecule has 5 atom stereocenters. The van der Waals surface area contributed by atoms with E-state index in [1.54, 1.807) is 18.2 Å². The normalized spacial score (nSPS) is 32.1. The van der Waals surface area contributed by atoms with Crippen molar-refractivity contribution < 1.29 is 24.9 Å². The van der Waals surface area contributed by atoms with E-state index in [0.717, 1.165) is 49.7 Å². The Labute approximate surface area is 176 Å². The van der Waals surface area contributed by atoms with Gasteiger partial charge in [-0.25, -0.2) is 4.79 Å². The molecule has 158 valence electrons. The van der Waals surface area contributed by atoms with Crippen molar-refractivity contribution in [2.45, 2.75) is 57.5 Å². The smallest absolute Gasteiger partial charge is 0.347 e. The Morgan fingerprint density at radius 2 is 1.90 bits per heavy atom. The maximum Gasteiger partial charge on any atom is 0.347 e. The number of para-hydroxylation sites is 1. The molecule has 2 saturated carbocycles. The second-order valence-corrected chi connectivity index (χ2v) is 9.48. The van der Waals surface area contributed by atoms with Gasteiger partial charge in [-0.1, -0.05) is 19.1 Å². The van der Waals surface area contributed by atoms with Crippen LogP contribution in [0.15, 0.2) is 36.4 Å². The topological polar surface area (TPSA) is 87.0 Å². The number of aliphatic hydroxyl groups is 1. The van der Waals surface area contributed by atoms with Gasteiger partial charge >= 0.3 is 5.97 Å². The summed E-state index contributed by atoms with van der Waals surface area (Å²) in [4.78, 5) is 12.8. The van der Waals surface area contributed by atoms with Gasteiger partial charge in [0, 0.05) is 11.6 Å². The van der Waals surface area contributed by atoms with E-state index in [-0.39, 0.29) is 34.5 Å². The highest BCUT2D eigenvalue weighted by Gasteiger charge is 2.54. The maximum absolute atomic E-state index is 12.8. The first-order valence-corrected chi connectivity index (χ1v) is 10.9. The Kier molecular flexibility index (Phi) is 4.55. The first-order chi connectivity index (χ1) is 14.4. The third-order valence-corrected chi connectivity index (χ3v) is 8.04. The first-order valence-electron chi connectivity index (χ1n) is 10.9. The summed E-state index contributed by atoms with van der Waals surface area (Å²) in [6, 6.07) is 9.63. The average Bonchev–Trinajstić information content (AvgIpc) is 3.02. The van der Waals surface area contributed by atoms with Crippen molar-refractivity contribution in [2.75, 3.05) is 0 Å². The Morgan fingerprint density at radius 3 is 2.70 bits per heavy atom. The molecule has 2 aromatic rings. The summed E-state index contributed by atoms with van der Waals surface area (Å²) < 4.78 is 5.76. The lowest BCUT2D eigenvalue weighted by atomic mass is 9.55. The van der Waals surface area contributed by atoms with Gasteiger partial charge in [0.1, 0.15) is 22.8 Å². The third-order valence-electron chi connectivity index (χ3n) is 8.04. The minimum absolute atomic E-state index is 0.0255. The minimum atomic E-state index is -0.625. The molecule has 0 radical (unpaired) electrons. The lowest BCUT2D eigenvalue weighted by Gasteiger charge is -2.50. The fourth-order valence-electron chi connectivity index (χ4n) is 6.52. The predicted octanol–water partition coefficient (Wildman–Crippen LogP) is 4.53. The van der Waals surface area contributed by atoms with Crippen molar-refractivity contribution in [3.63, 3.8) is 0 Å². The van der Waals surface area contributed by atoms with Crippen molar-refractivity contribution >= 4 is 5.97 Å². The van der Waals surface area contributed by atoms with Crippen LogP contribution in [0.3, 0.4) is 0 Å². The summed E-state index contributed by atoms with van der Waals surface area (Å²) in [5.74, 6) is 0.905. The number of hydrogen-bond donors (Lipinski definition) is 3. The summed E-state index contributed by atoms with van der Waals surface area (Å²) in [5.41, 5.74) is 2.15. The number of carbonyl (C=O) groups excluding carboxylic acids is 1. The molecule has 5 heteroatoms. The molecule has 0 heterocycles. The molecule has 0 aliphatic heterocycles. The van der Waals surface area contributed by atoms with Crippen LogP contribution < -0.4 is 4.74 Å². The zero-order valence-corrected chi connectivity index (χ0v) is 17.2. The summed E-state index contributed by atoms with van der Waals surface area (Å²) in [6.45, 7) is 2.23. The summed E-state index contributed by atoms with van der Waals surface area (Å²) in [7, 11) is 0. The molecule has 0 spiro atoms. The number of aliphatic hydroxyl groups excluding tert-OH is 1. The molecule has 30 heavy (non-hydrogen) atoms. The zero-order chi connectivity index (χ0) is 21.0. The number of rotatable bonds is 2. The molecule has 3 aliphatic rings. The largest absolute Gasteiger partial charge is 0.508 e. The lowest BCUT2D eigenvalue weighted by Crippen LogP contribution is -2.44. The number of benzene rings is 2. The van der Waals surface area contributed by atoms with Crippen LogP contribution in [0.25, 0.3) is 0 Å². The van der Waals surface area contributed by atoms with Crippen molar-refractivity contribution in [1.82, 2.24) is 0 Å². The van der Waals surface area contributed by atoms with Gasteiger partial charge in [-0.15, -0.1) is 0 Å². The van der Waals surface area contributed by atoms with Gasteiger partial charge in [-0.05, 0) is 85.5 Å². The number of hydrogen-bond acceptors (Lipinski definition) is 5. The van der Waals surface area contributed by atoms with Gasteiger partial charge in [0.25, 0.3) is 0 Å². The fraction of sp³-hybridized carbons (Fsp3) is 0.480. The predicted molar refractivity (Wildman–Crippen MR) is 112 cm³/mol. The van der Waals surface area contributed by atoms with Crippen molar-refractivity contribution in [2.24, 2.45) is 17.3 Å². The van der Waals surface area contributed by atoms with E-state index >= 15 is 0 Å². The Morgan fingerprint density at radius 1 is 1.10 bits per heavy atom. The number of phenols is 2. The Bertz CT molecular complexity index is 999. The molecule has 0 saturated heterocycles. The quantitative estimate of drug-likeness (QED) is 0.502. The monoisotopic (exact) mass is 408 g/mol. The average molecular weight is 408 g/mol. The van der Waals surface area contributed by atoms with Gasteiger partial charge < -0.3 is 20.1 Å². The molecule has 3 N–H and O–H groups in total. The van der Waals surface area contributed by atoms with Gasteiger partial charge in [0.15, 0.2) is 0 Å². The van der Waals surface area contributed by atoms with Crippen LogP contribution in [-0.2, 0) is 6.42 Å². The van der Waals surface area contributed by atoms with E-state index in [1.807, 2.05) is 0 Å². The van der Waals surface area contributed by atoms with Gasteiger partial charge in [-0.3, -0.25) is 0 Å². The number of carbonyl (C=O) groups is 1. The summed E-state index contributed by atoms with van der Waals surface area (Å²) in [6.07, 6.45) is 5.42. The van der Waals surface area contributed by atoms with Gasteiger partial charge in [0.2, 0.25) is 0 Å². The highest BCUT2D eigenvalue weighted by atomic mass is 16.5. The molecule has 2 aromatic carbocycles. The fourth-order valence-corrected chi connectivity index (χ4v) is 6.52. The SMILES string of the molecule is C[C@]12CC[C@@H]3c4c(cc(O)cc4OC(=O)c4ccccc4O)CC[C@@H]3[C@@H]1CC[C@@H]2O. The van der Waals surface area contributed by atoms with E-state index in [0.29, 0.717) is 17.6 Å². The Balaban J connectivity index is 1.51. The van der Waals surface area contributed by atoms with Crippen LogP contribution in [0, 0.1) is 17.3 Å². The molecule has 0 bridgehead atoms. The standard InChI is InChI=1S/C25H28O5/c1-25-11-10-17-16(19(25)8-9-22(25)28)7-6-14-12-15(26)13-21(23(14)17)30-24(29)18-4-2-3-5-20(18)27/h2-5,12-13,16-17,19,22,26-28H,6-11H2,1H3/t16-,17-,19-,22-,25-/m0/s1. The van der Waals surface area contributed by atoms with Crippen LogP contribution in [0.2, 0.25) is 0 Å². The number of aryl methyl sites for hydroxylation is 1. The molecular formula is C25H28O5.